The first kappa shape index (κ1) is 11.1. The summed E-state index contributed by atoms with van der Waals surface area (Å²) in [5.74, 6) is 0.444. The second-order valence-electron chi connectivity index (χ2n) is 3.34. The summed E-state index contributed by atoms with van der Waals surface area (Å²) < 4.78 is 6.58. The van der Waals surface area contributed by atoms with Crippen LogP contribution in [0.25, 0.3) is 0 Å². The van der Waals surface area contributed by atoms with E-state index in [2.05, 4.69) is 15.4 Å². The Morgan fingerprint density at radius 3 is 3.00 bits per heavy atom. The Bertz CT molecular complexity index is 496. The fourth-order valence-corrected chi connectivity index (χ4v) is 1.40. The van der Waals surface area contributed by atoms with Crippen molar-refractivity contribution in [2.75, 3.05) is 12.4 Å². The van der Waals surface area contributed by atoms with Gasteiger partial charge in [-0.1, -0.05) is 12.1 Å². The molecule has 0 aliphatic carbocycles. The van der Waals surface area contributed by atoms with E-state index in [-0.39, 0.29) is 12.5 Å². The Balaban J connectivity index is 2.03. The number of amides is 1. The Labute approximate surface area is 98.2 Å². The normalized spacial score (nSPS) is 9.94. The zero-order valence-electron chi connectivity index (χ0n) is 9.33. The maximum atomic E-state index is 11.7. The van der Waals surface area contributed by atoms with Crippen LogP contribution in [-0.4, -0.2) is 27.8 Å². The van der Waals surface area contributed by atoms with Gasteiger partial charge in [0.25, 0.3) is 0 Å². The molecule has 1 N–H and O–H groups in total. The minimum absolute atomic E-state index is 0.123. The van der Waals surface area contributed by atoms with E-state index in [0.29, 0.717) is 11.4 Å². The largest absolute Gasteiger partial charge is 0.495 e. The van der Waals surface area contributed by atoms with Gasteiger partial charge in [0, 0.05) is 0 Å². The van der Waals surface area contributed by atoms with E-state index in [1.807, 2.05) is 12.1 Å². The smallest absolute Gasteiger partial charge is 0.246 e. The van der Waals surface area contributed by atoms with Crippen molar-refractivity contribution in [1.82, 2.24) is 14.8 Å². The Morgan fingerprint density at radius 1 is 1.47 bits per heavy atom. The molecule has 0 spiro atoms. The Kier molecular flexibility index (Phi) is 3.34. The molecule has 0 bridgehead atoms. The first-order valence-corrected chi connectivity index (χ1v) is 5.05. The summed E-state index contributed by atoms with van der Waals surface area (Å²) in [6, 6.07) is 7.22. The molecular formula is C11H12N4O2. The number of ether oxygens (including phenoxy) is 1. The molecule has 0 atom stereocenters. The third kappa shape index (κ3) is 2.81. The lowest BCUT2D eigenvalue weighted by Crippen LogP contribution is -2.19. The second-order valence-corrected chi connectivity index (χ2v) is 3.34. The van der Waals surface area contributed by atoms with Gasteiger partial charge < -0.3 is 10.1 Å². The highest BCUT2D eigenvalue weighted by atomic mass is 16.5. The SMILES string of the molecule is COc1ccccc1NC(=O)Cn1cncn1. The molecule has 1 heterocycles. The van der Waals surface area contributed by atoms with E-state index < -0.39 is 0 Å². The van der Waals surface area contributed by atoms with Crippen molar-refractivity contribution in [3.8, 4) is 5.75 Å². The number of para-hydroxylation sites is 2. The lowest BCUT2D eigenvalue weighted by Gasteiger charge is -2.09. The van der Waals surface area contributed by atoms with Crippen molar-refractivity contribution in [3.63, 3.8) is 0 Å². The van der Waals surface area contributed by atoms with Crippen LogP contribution in [0.4, 0.5) is 5.69 Å². The van der Waals surface area contributed by atoms with Gasteiger partial charge in [0.2, 0.25) is 5.91 Å². The van der Waals surface area contributed by atoms with Gasteiger partial charge >= 0.3 is 0 Å². The molecule has 6 nitrogen and oxygen atoms in total. The predicted octanol–water partition coefficient (Wildman–Crippen LogP) is 0.925. The first-order valence-electron chi connectivity index (χ1n) is 5.05. The van der Waals surface area contributed by atoms with Crippen molar-refractivity contribution in [2.24, 2.45) is 0 Å². The Morgan fingerprint density at radius 2 is 2.29 bits per heavy atom. The molecule has 2 rings (SSSR count). The summed E-state index contributed by atoms with van der Waals surface area (Å²) in [4.78, 5) is 15.5. The number of nitrogens with zero attached hydrogens (tertiary/aromatic N) is 3. The van der Waals surface area contributed by atoms with Crippen molar-refractivity contribution < 1.29 is 9.53 Å². The van der Waals surface area contributed by atoms with Gasteiger partial charge in [-0.25, -0.2) is 9.67 Å². The van der Waals surface area contributed by atoms with Crippen LogP contribution < -0.4 is 10.1 Å². The summed E-state index contributed by atoms with van der Waals surface area (Å²) >= 11 is 0. The van der Waals surface area contributed by atoms with Crippen LogP contribution in [0.3, 0.4) is 0 Å². The minimum atomic E-state index is -0.181. The molecule has 0 saturated carbocycles. The number of aromatic nitrogens is 3. The van der Waals surface area contributed by atoms with Crippen molar-refractivity contribution >= 4 is 11.6 Å². The van der Waals surface area contributed by atoms with Gasteiger partial charge in [0.05, 0.1) is 12.8 Å². The lowest BCUT2D eigenvalue weighted by molar-refractivity contribution is -0.116. The molecule has 6 heteroatoms. The number of methoxy groups -OCH3 is 1. The van der Waals surface area contributed by atoms with E-state index in [9.17, 15) is 4.79 Å². The minimum Gasteiger partial charge on any atom is -0.495 e. The van der Waals surface area contributed by atoms with Crippen molar-refractivity contribution in [3.05, 3.63) is 36.9 Å². The quantitative estimate of drug-likeness (QED) is 0.851. The molecule has 1 aromatic carbocycles. The van der Waals surface area contributed by atoms with Crippen molar-refractivity contribution in [2.45, 2.75) is 6.54 Å². The summed E-state index contributed by atoms with van der Waals surface area (Å²) in [5.41, 5.74) is 0.639. The van der Waals surface area contributed by atoms with Crippen LogP contribution in [0, 0.1) is 0 Å². The number of carbonyl (C=O) groups is 1. The third-order valence-corrected chi connectivity index (χ3v) is 2.15. The second kappa shape index (κ2) is 5.11. The third-order valence-electron chi connectivity index (χ3n) is 2.15. The number of rotatable bonds is 4. The molecule has 0 aliphatic heterocycles. The summed E-state index contributed by atoms with van der Waals surface area (Å²) in [5, 5.41) is 6.60. The van der Waals surface area contributed by atoms with E-state index >= 15 is 0 Å². The fraction of sp³-hybridized carbons (Fsp3) is 0.182. The molecule has 88 valence electrons. The number of carbonyl (C=O) groups excluding carboxylic acids is 1. The topological polar surface area (TPSA) is 69.0 Å². The van der Waals surface area contributed by atoms with Gasteiger partial charge in [0.1, 0.15) is 24.9 Å². The summed E-state index contributed by atoms with van der Waals surface area (Å²) in [6.07, 6.45) is 2.87. The number of nitrogens with one attached hydrogen (secondary N) is 1. The van der Waals surface area contributed by atoms with E-state index in [0.717, 1.165) is 0 Å². The van der Waals surface area contributed by atoms with Crippen LogP contribution >= 0.6 is 0 Å². The summed E-state index contributed by atoms with van der Waals surface area (Å²) in [7, 11) is 1.56. The zero-order valence-corrected chi connectivity index (χ0v) is 9.33. The highest BCUT2D eigenvalue weighted by molar-refractivity contribution is 5.92. The summed E-state index contributed by atoms with van der Waals surface area (Å²) in [6.45, 7) is 0.123. The predicted molar refractivity (Wildman–Crippen MR) is 61.6 cm³/mol. The maximum Gasteiger partial charge on any atom is 0.246 e. The molecule has 0 aliphatic rings. The average molecular weight is 232 g/mol. The number of hydrogen-bond acceptors (Lipinski definition) is 4. The molecule has 0 fully saturated rings. The zero-order chi connectivity index (χ0) is 12.1. The molecule has 2 aromatic rings. The standard InChI is InChI=1S/C11H12N4O2/c1-17-10-5-3-2-4-9(10)14-11(16)6-15-8-12-7-13-15/h2-5,7-8H,6H2,1H3,(H,14,16). The highest BCUT2D eigenvalue weighted by Crippen LogP contribution is 2.22. The monoisotopic (exact) mass is 232 g/mol. The first-order chi connectivity index (χ1) is 8.29. The van der Waals surface area contributed by atoms with Crippen molar-refractivity contribution in [1.29, 1.82) is 0 Å². The van der Waals surface area contributed by atoms with Gasteiger partial charge in [-0.2, -0.15) is 5.10 Å². The van der Waals surface area contributed by atoms with Crippen LogP contribution in [0.2, 0.25) is 0 Å². The highest BCUT2D eigenvalue weighted by Gasteiger charge is 2.07. The molecule has 1 amide bonds. The van der Waals surface area contributed by atoms with Crippen LogP contribution in [0.5, 0.6) is 5.75 Å². The van der Waals surface area contributed by atoms with Gasteiger partial charge in [-0.15, -0.1) is 0 Å². The van der Waals surface area contributed by atoms with Gasteiger partial charge in [-0.3, -0.25) is 4.79 Å². The van der Waals surface area contributed by atoms with Crippen LogP contribution in [0.15, 0.2) is 36.9 Å². The molecule has 1 aromatic heterocycles. The van der Waals surface area contributed by atoms with Crippen LogP contribution in [0.1, 0.15) is 0 Å². The fourth-order valence-electron chi connectivity index (χ4n) is 1.40. The van der Waals surface area contributed by atoms with Gasteiger partial charge in [0.15, 0.2) is 0 Å². The Hall–Kier alpha value is -2.37. The molecule has 0 unspecified atom stereocenters. The average Bonchev–Trinajstić information content (AvgIpc) is 2.82. The maximum absolute atomic E-state index is 11.7. The number of anilines is 1. The van der Waals surface area contributed by atoms with Crippen LogP contribution in [-0.2, 0) is 11.3 Å². The van der Waals surface area contributed by atoms with Gasteiger partial charge in [-0.05, 0) is 12.1 Å². The molecular weight excluding hydrogens is 220 g/mol. The number of hydrogen-bond donors (Lipinski definition) is 1. The molecule has 0 saturated heterocycles. The lowest BCUT2D eigenvalue weighted by atomic mass is 10.3. The molecule has 0 radical (unpaired) electrons. The van der Waals surface area contributed by atoms with E-state index in [4.69, 9.17) is 4.74 Å². The van der Waals surface area contributed by atoms with E-state index in [1.165, 1.54) is 17.3 Å². The number of benzene rings is 1. The van der Waals surface area contributed by atoms with E-state index in [1.54, 1.807) is 19.2 Å². The molecule has 17 heavy (non-hydrogen) atoms.